The summed E-state index contributed by atoms with van der Waals surface area (Å²) in [6, 6.07) is 9.37. The second-order valence-electron chi connectivity index (χ2n) is 5.76. The van der Waals surface area contributed by atoms with E-state index in [0.29, 0.717) is 11.3 Å². The maximum absolute atomic E-state index is 14.2. The Morgan fingerprint density at radius 1 is 1.25 bits per heavy atom. The molecule has 1 N–H and O–H groups in total. The number of ether oxygens (including phenoxy) is 1. The summed E-state index contributed by atoms with van der Waals surface area (Å²) >= 11 is 0. The van der Waals surface area contributed by atoms with Crippen LogP contribution in [-0.2, 0) is 0 Å². The van der Waals surface area contributed by atoms with Gasteiger partial charge in [0.2, 0.25) is 0 Å². The van der Waals surface area contributed by atoms with Gasteiger partial charge in [-0.3, -0.25) is 4.79 Å². The van der Waals surface area contributed by atoms with Gasteiger partial charge in [-0.25, -0.2) is 8.78 Å². The number of nitrogens with zero attached hydrogens (tertiary/aromatic N) is 1. The Labute approximate surface area is 138 Å². The first-order chi connectivity index (χ1) is 11.5. The molecule has 1 saturated heterocycles. The molecule has 2 aromatic carbocycles. The second kappa shape index (κ2) is 6.57. The summed E-state index contributed by atoms with van der Waals surface area (Å²) in [6.45, 7) is 0.0749. The standard InChI is InChI=1S/C18H17F2NO3/c1-24-14-5-6-15(16(20)9-14)18(23)21-10-13(22)8-17(21)11-3-2-4-12(19)7-11/h2-7,9,13,17,22H,8,10H2,1H3/t13-,17-/m1/s1. The molecular weight excluding hydrogens is 316 g/mol. The summed E-state index contributed by atoms with van der Waals surface area (Å²) in [5, 5.41) is 9.95. The zero-order chi connectivity index (χ0) is 17.3. The number of aliphatic hydroxyl groups excluding tert-OH is 1. The molecule has 1 fully saturated rings. The van der Waals surface area contributed by atoms with Crippen molar-refractivity contribution in [2.45, 2.75) is 18.6 Å². The quantitative estimate of drug-likeness (QED) is 0.940. The second-order valence-corrected chi connectivity index (χ2v) is 5.76. The third-order valence-electron chi connectivity index (χ3n) is 4.18. The van der Waals surface area contributed by atoms with E-state index < -0.39 is 29.7 Å². The monoisotopic (exact) mass is 333 g/mol. The zero-order valence-electron chi connectivity index (χ0n) is 13.1. The maximum atomic E-state index is 14.2. The van der Waals surface area contributed by atoms with Crippen LogP contribution in [0.15, 0.2) is 42.5 Å². The lowest BCUT2D eigenvalue weighted by atomic mass is 10.0. The lowest BCUT2D eigenvalue weighted by molar-refractivity contribution is 0.0710. The van der Waals surface area contributed by atoms with E-state index in [9.17, 15) is 18.7 Å². The lowest BCUT2D eigenvalue weighted by Crippen LogP contribution is -2.32. The van der Waals surface area contributed by atoms with E-state index in [1.54, 1.807) is 12.1 Å². The zero-order valence-corrected chi connectivity index (χ0v) is 13.1. The number of likely N-dealkylation sites (tertiary alicyclic amines) is 1. The first-order valence-electron chi connectivity index (χ1n) is 7.57. The first-order valence-corrected chi connectivity index (χ1v) is 7.57. The molecule has 3 rings (SSSR count). The molecule has 0 aromatic heterocycles. The summed E-state index contributed by atoms with van der Waals surface area (Å²) in [5.74, 6) is -1.34. The molecule has 4 nitrogen and oxygen atoms in total. The minimum atomic E-state index is -0.733. The minimum absolute atomic E-state index is 0.0749. The molecule has 0 bridgehead atoms. The van der Waals surface area contributed by atoms with E-state index in [4.69, 9.17) is 4.74 Å². The molecule has 0 saturated carbocycles. The van der Waals surface area contributed by atoms with Crippen molar-refractivity contribution in [2.75, 3.05) is 13.7 Å². The van der Waals surface area contributed by atoms with Crippen molar-refractivity contribution in [2.24, 2.45) is 0 Å². The van der Waals surface area contributed by atoms with E-state index in [0.717, 1.165) is 6.07 Å². The fraction of sp³-hybridized carbons (Fsp3) is 0.278. The normalized spacial score (nSPS) is 20.2. The van der Waals surface area contributed by atoms with Crippen LogP contribution in [0.1, 0.15) is 28.4 Å². The van der Waals surface area contributed by atoms with Gasteiger partial charge < -0.3 is 14.7 Å². The highest BCUT2D eigenvalue weighted by atomic mass is 19.1. The molecule has 6 heteroatoms. The highest BCUT2D eigenvalue weighted by molar-refractivity contribution is 5.95. The number of carbonyl (C=O) groups is 1. The molecule has 24 heavy (non-hydrogen) atoms. The van der Waals surface area contributed by atoms with Crippen LogP contribution in [0.4, 0.5) is 8.78 Å². The number of aliphatic hydroxyl groups is 1. The van der Waals surface area contributed by atoms with Gasteiger partial charge in [0.25, 0.3) is 5.91 Å². The Bertz CT molecular complexity index is 766. The van der Waals surface area contributed by atoms with Crippen molar-refractivity contribution < 1.29 is 23.4 Å². The number of hydrogen-bond acceptors (Lipinski definition) is 3. The average Bonchev–Trinajstić information content (AvgIpc) is 2.96. The Morgan fingerprint density at radius 3 is 2.71 bits per heavy atom. The molecule has 0 aliphatic carbocycles. The van der Waals surface area contributed by atoms with Crippen LogP contribution in [0.3, 0.4) is 0 Å². The van der Waals surface area contributed by atoms with Gasteiger partial charge in [-0.15, -0.1) is 0 Å². The molecule has 0 radical (unpaired) electrons. The first kappa shape index (κ1) is 16.4. The Kier molecular flexibility index (Phi) is 4.49. The third kappa shape index (κ3) is 3.10. The maximum Gasteiger partial charge on any atom is 0.257 e. The van der Waals surface area contributed by atoms with E-state index in [-0.39, 0.29) is 18.5 Å². The predicted octanol–water partition coefficient (Wildman–Crippen LogP) is 2.92. The molecule has 2 atom stereocenters. The van der Waals surface area contributed by atoms with Crippen molar-refractivity contribution in [3.05, 3.63) is 65.2 Å². The molecule has 1 aliphatic rings. The molecule has 126 valence electrons. The smallest absolute Gasteiger partial charge is 0.257 e. The van der Waals surface area contributed by atoms with Gasteiger partial charge in [-0.2, -0.15) is 0 Å². The predicted molar refractivity (Wildman–Crippen MR) is 83.8 cm³/mol. The van der Waals surface area contributed by atoms with Crippen LogP contribution in [0.25, 0.3) is 0 Å². The van der Waals surface area contributed by atoms with E-state index >= 15 is 0 Å². The fourth-order valence-electron chi connectivity index (χ4n) is 3.02. The van der Waals surface area contributed by atoms with Gasteiger partial charge >= 0.3 is 0 Å². The Hall–Kier alpha value is -2.47. The molecular formula is C18H17F2NO3. The molecule has 1 amide bonds. The summed E-state index contributed by atoms with van der Waals surface area (Å²) in [7, 11) is 1.41. The van der Waals surface area contributed by atoms with Crippen LogP contribution >= 0.6 is 0 Å². The van der Waals surface area contributed by atoms with Gasteiger partial charge in [0.1, 0.15) is 17.4 Å². The number of amides is 1. The van der Waals surface area contributed by atoms with E-state index in [1.807, 2.05) is 0 Å². The van der Waals surface area contributed by atoms with Crippen LogP contribution in [0.5, 0.6) is 5.75 Å². The van der Waals surface area contributed by atoms with Gasteiger partial charge in [0.05, 0.1) is 24.8 Å². The van der Waals surface area contributed by atoms with Gasteiger partial charge in [0, 0.05) is 12.6 Å². The highest BCUT2D eigenvalue weighted by Gasteiger charge is 2.36. The largest absolute Gasteiger partial charge is 0.497 e. The van der Waals surface area contributed by atoms with Gasteiger partial charge in [-0.1, -0.05) is 12.1 Å². The minimum Gasteiger partial charge on any atom is -0.497 e. The molecule has 0 spiro atoms. The number of halogens is 2. The number of hydrogen-bond donors (Lipinski definition) is 1. The fourth-order valence-corrected chi connectivity index (χ4v) is 3.02. The summed E-state index contributed by atoms with van der Waals surface area (Å²) in [4.78, 5) is 14.1. The number of rotatable bonds is 3. The topological polar surface area (TPSA) is 49.8 Å². The van der Waals surface area contributed by atoms with Crippen molar-refractivity contribution in [1.29, 1.82) is 0 Å². The van der Waals surface area contributed by atoms with Crippen molar-refractivity contribution in [3.63, 3.8) is 0 Å². The van der Waals surface area contributed by atoms with Crippen LogP contribution in [-0.4, -0.2) is 35.7 Å². The molecule has 1 heterocycles. The molecule has 1 aliphatic heterocycles. The Morgan fingerprint density at radius 2 is 2.04 bits per heavy atom. The van der Waals surface area contributed by atoms with Crippen LogP contribution in [0, 0.1) is 11.6 Å². The average molecular weight is 333 g/mol. The van der Waals surface area contributed by atoms with E-state index in [1.165, 1.54) is 36.3 Å². The van der Waals surface area contributed by atoms with Crippen LogP contribution in [0.2, 0.25) is 0 Å². The highest BCUT2D eigenvalue weighted by Crippen LogP contribution is 2.34. The number of benzene rings is 2. The van der Waals surface area contributed by atoms with Crippen molar-refractivity contribution in [3.8, 4) is 5.75 Å². The SMILES string of the molecule is COc1ccc(C(=O)N2C[C@H](O)C[C@@H]2c2cccc(F)c2)c(F)c1. The number of carbonyl (C=O) groups excluding carboxylic acids is 1. The van der Waals surface area contributed by atoms with Gasteiger partial charge in [0.15, 0.2) is 0 Å². The van der Waals surface area contributed by atoms with Crippen molar-refractivity contribution >= 4 is 5.91 Å². The number of β-amino-alcohol motifs (C(OH)–C–C–N with tert-alkyl or cyclic N) is 1. The van der Waals surface area contributed by atoms with Gasteiger partial charge in [-0.05, 0) is 36.2 Å². The summed E-state index contributed by atoms with van der Waals surface area (Å²) in [6.07, 6.45) is -0.448. The summed E-state index contributed by atoms with van der Waals surface area (Å²) < 4.78 is 32.6. The Balaban J connectivity index is 1.92. The molecule has 2 aromatic rings. The van der Waals surface area contributed by atoms with Crippen molar-refractivity contribution in [1.82, 2.24) is 4.90 Å². The lowest BCUT2D eigenvalue weighted by Gasteiger charge is -2.25. The summed E-state index contributed by atoms with van der Waals surface area (Å²) in [5.41, 5.74) is 0.472. The van der Waals surface area contributed by atoms with Crippen LogP contribution < -0.4 is 4.74 Å². The third-order valence-corrected chi connectivity index (χ3v) is 4.18. The number of methoxy groups -OCH3 is 1. The molecule has 0 unspecified atom stereocenters. The van der Waals surface area contributed by atoms with E-state index in [2.05, 4.69) is 0 Å².